The first-order valence-electron chi connectivity index (χ1n) is 40.2. The highest BCUT2D eigenvalue weighted by atomic mass is 16.5. The number of carbonyl (C=O) groups is 19. The van der Waals surface area contributed by atoms with Crippen LogP contribution >= 0.6 is 0 Å². The van der Waals surface area contributed by atoms with Crippen molar-refractivity contribution in [1.29, 1.82) is 0 Å². The van der Waals surface area contributed by atoms with Crippen molar-refractivity contribution in [3.05, 3.63) is 29.8 Å². The summed E-state index contributed by atoms with van der Waals surface area (Å²) in [5.41, 5.74) is 16.1. The van der Waals surface area contributed by atoms with Crippen LogP contribution in [-0.4, -0.2) is 197 Å². The van der Waals surface area contributed by atoms with Gasteiger partial charge in [-0.1, -0.05) is 101 Å². The molecule has 113 heavy (non-hydrogen) atoms. The van der Waals surface area contributed by atoms with E-state index in [-0.39, 0.29) is 158 Å². The van der Waals surface area contributed by atoms with E-state index < -0.39 is 78.7 Å². The van der Waals surface area contributed by atoms with Crippen molar-refractivity contribution in [2.45, 2.75) is 261 Å². The van der Waals surface area contributed by atoms with Crippen LogP contribution in [0.2, 0.25) is 0 Å². The van der Waals surface area contributed by atoms with Gasteiger partial charge in [0.1, 0.15) is 32.4 Å². The Labute approximate surface area is 666 Å². The number of benzene rings is 1. The highest BCUT2D eigenvalue weighted by Gasteiger charge is 2.38. The van der Waals surface area contributed by atoms with Gasteiger partial charge >= 0.3 is 18.1 Å². The van der Waals surface area contributed by atoms with Gasteiger partial charge in [-0.3, -0.25) is 86.6 Å². The number of aldehydes is 1. The Balaban J connectivity index is 0.000000827. The average molecular weight is 1600 g/mol. The summed E-state index contributed by atoms with van der Waals surface area (Å²) >= 11 is 0. The molecule has 4 rings (SSSR count). The highest BCUT2D eigenvalue weighted by molar-refractivity contribution is 6.05. The van der Waals surface area contributed by atoms with Gasteiger partial charge in [-0.25, -0.2) is 14.4 Å². The number of ketones is 2. The smallest absolute Gasteiger partial charge is 0.312 e. The molecule has 3 unspecified atom stereocenters. The Morgan fingerprint density at radius 3 is 1.14 bits per heavy atom. The Morgan fingerprint density at radius 2 is 0.832 bits per heavy atom. The number of nitrogens with two attached hydrogens (primary N) is 3. The van der Waals surface area contributed by atoms with Gasteiger partial charge < -0.3 is 74.6 Å². The number of urea groups is 3. The van der Waals surface area contributed by atoms with E-state index in [0.29, 0.717) is 127 Å². The van der Waals surface area contributed by atoms with Crippen molar-refractivity contribution in [1.82, 2.24) is 57.2 Å². The number of rotatable bonds is 48. The Kier molecular flexibility index (Phi) is 47.4. The van der Waals surface area contributed by atoms with E-state index in [9.17, 15) is 91.1 Å². The molecule has 0 bridgehead atoms. The summed E-state index contributed by atoms with van der Waals surface area (Å²) in [6.45, 7) is 23.1. The predicted molar refractivity (Wildman–Crippen MR) is 419 cm³/mol. The van der Waals surface area contributed by atoms with Crippen LogP contribution in [0.4, 0.5) is 20.1 Å². The van der Waals surface area contributed by atoms with E-state index in [1.54, 1.807) is 72.7 Å². The van der Waals surface area contributed by atoms with Crippen LogP contribution in [0.1, 0.15) is 233 Å². The van der Waals surface area contributed by atoms with Crippen molar-refractivity contribution in [2.75, 3.05) is 44.6 Å². The number of anilines is 1. The third-order valence-corrected chi connectivity index (χ3v) is 18.9. The largest absolute Gasteiger partial charge is 0.463 e. The van der Waals surface area contributed by atoms with Crippen LogP contribution < -0.4 is 65.1 Å². The molecule has 9 atom stereocenters. The van der Waals surface area contributed by atoms with Crippen molar-refractivity contribution < 1.29 is 98.6 Å². The lowest BCUT2D eigenvalue weighted by Gasteiger charge is -2.25. The van der Waals surface area contributed by atoms with Crippen LogP contribution in [0, 0.1) is 41.4 Å². The topological polar surface area (TPSA) is 530 Å². The van der Waals surface area contributed by atoms with Gasteiger partial charge in [-0.2, -0.15) is 0 Å². The van der Waals surface area contributed by atoms with Gasteiger partial charge in [0.15, 0.2) is 12.9 Å². The molecule has 3 fully saturated rings. The monoisotopic (exact) mass is 1600 g/mol. The summed E-state index contributed by atoms with van der Waals surface area (Å²) in [5, 5.41) is 23.8. The molecule has 0 radical (unpaired) electrons. The minimum Gasteiger partial charge on any atom is -0.463 e. The summed E-state index contributed by atoms with van der Waals surface area (Å²) in [5.74, 6) is -4.34. The standard InChI is InChI=1S/C30H44N6O8.C23H39N5O6.C14H27N3O3.C11H17NO3/c1-19(2)26(35-24(38)9-5-4-6-15-36-25(39)16-20(3)29(36)42)28(41)34-23(8-7-14-32-30(31)43)27(40)33-22-12-10-21(11-13-22)17-44-18-37;1-14(2)20(21(32)26-17(16(4)29)9-8-11-25-23(24)34)27-18(30)10-6-5-7-12-28-19(31)13-15(3)22(28)33;1-5-11(9(2)3)13(19)17-12(10(4)18)7-6-8-16-14(15)20;1-9-8-10(14)12(11(9)15)6-4-2-3-5-7-13/h10-13,18-20,23,26H,4-9,14-17H2,1-3H3,(H,33,40)(H,34,41)(H,35,38)(H3,31,32,43);14-15,17,20H,5-13H2,1-4H3,(H,26,32)(H,27,30)(H3,24,25,34);9,11-12H,5-8H2,1-4H3,(H,17,19)(H3,15,16,20);7,9H,2-6,8H2,1H3/t20?,23-,26-;15?,17-,20-;11-,12-;/m000./s1/i18D;;;7D. The lowest BCUT2D eigenvalue weighted by atomic mass is 9.92. The number of Topliss-reactive ketones (excluding diaryl/α,β-unsaturated/α-hetero) is 2. The molecule has 0 saturated carbocycles. The Morgan fingerprint density at radius 1 is 0.478 bits per heavy atom. The number of nitrogens with zero attached hydrogens (tertiary/aromatic N) is 3. The molecule has 35 heteroatoms. The minimum absolute atomic E-state index is 0.0731. The number of nitrogens with one attached hydrogen (secondary N) is 9. The molecule has 1 aromatic rings. The fourth-order valence-corrected chi connectivity index (χ4v) is 12.3. The molecule has 0 spiro atoms. The zero-order valence-electron chi connectivity index (χ0n) is 70.0. The molecule has 1 aromatic carbocycles. The van der Waals surface area contributed by atoms with E-state index in [1.165, 1.54) is 28.5 Å². The summed E-state index contributed by atoms with van der Waals surface area (Å²) in [6.07, 6.45) is 8.54. The van der Waals surface area contributed by atoms with Crippen molar-refractivity contribution in [2.24, 2.45) is 58.6 Å². The van der Waals surface area contributed by atoms with Crippen LogP contribution in [0.15, 0.2) is 24.3 Å². The SMILES string of the molecule is CC(=O)[C@H](CCCNC(N)=O)NC(=O)[C@@H](NC(=O)CCCCCN1C(=O)CC(C)C1=O)C(C)C.CC[C@H](C(=O)N[C@@H](CCCNC(N)=O)C(C)=O)C(C)C.[2H]C(=O)CCCCCN1C(=O)CC(C)C1=O.[2H]C(=O)OCc1ccc(NC(=O)[C@H](CCCNC(N)=O)NC(=O)[C@@H](NC(=O)CCCCCN2C(=O)CC(C)C2=O)C(C)C)cc1. The summed E-state index contributed by atoms with van der Waals surface area (Å²) < 4.78 is 18.2. The summed E-state index contributed by atoms with van der Waals surface area (Å²) in [4.78, 5) is 228. The molecule has 0 aromatic heterocycles. The second-order valence-electron chi connectivity index (χ2n) is 29.6. The second kappa shape index (κ2) is 55.2. The summed E-state index contributed by atoms with van der Waals surface area (Å²) in [7, 11) is 0. The predicted octanol–water partition coefficient (Wildman–Crippen LogP) is 4.26. The number of ether oxygens (including phenoxy) is 1. The zero-order valence-corrected chi connectivity index (χ0v) is 68.0. The number of imide groups is 3. The molecular weight excluding hydrogens is 1470 g/mol. The first-order chi connectivity index (χ1) is 54.0. The number of likely N-dealkylation sites (tertiary alicyclic amines) is 3. The van der Waals surface area contributed by atoms with E-state index in [0.717, 1.165) is 19.3 Å². The van der Waals surface area contributed by atoms with Crippen LogP contribution in [0.25, 0.3) is 0 Å². The maximum Gasteiger partial charge on any atom is 0.312 e. The van der Waals surface area contributed by atoms with E-state index >= 15 is 0 Å². The number of primary amides is 3. The molecule has 15 N–H and O–H groups in total. The van der Waals surface area contributed by atoms with Gasteiger partial charge in [0.25, 0.3) is 6.45 Å². The number of unbranched alkanes of at least 4 members (excludes halogenated alkanes) is 6. The average Bonchev–Trinajstić information content (AvgIpc) is 1.74. The zero-order chi connectivity index (χ0) is 87.2. The number of hydrogen-bond donors (Lipinski definition) is 12. The van der Waals surface area contributed by atoms with Gasteiger partial charge in [0, 0.05) is 107 Å². The van der Waals surface area contributed by atoms with Crippen molar-refractivity contribution in [3.63, 3.8) is 0 Å². The van der Waals surface area contributed by atoms with Gasteiger partial charge in [0.05, 0.1) is 12.1 Å². The molecule has 634 valence electrons. The molecule has 3 aliphatic heterocycles. The quantitative estimate of drug-likeness (QED) is 0.0246. The number of amides is 18. The fraction of sp³-hybridized carbons (Fsp3) is 0.679. The van der Waals surface area contributed by atoms with Gasteiger partial charge in [-0.05, 0) is 133 Å². The minimum atomic E-state index is -1.16. The fourth-order valence-electron chi connectivity index (χ4n) is 12.3. The Bertz CT molecular complexity index is 3450. The van der Waals surface area contributed by atoms with Crippen molar-refractivity contribution >= 4 is 119 Å². The highest BCUT2D eigenvalue weighted by Crippen LogP contribution is 2.23. The first kappa shape index (κ1) is 96.9. The lowest BCUT2D eigenvalue weighted by Crippen LogP contribution is -2.54. The van der Waals surface area contributed by atoms with E-state index in [4.69, 9.17) is 19.9 Å². The van der Waals surface area contributed by atoms with Gasteiger partial charge in [-0.15, -0.1) is 0 Å². The molecule has 3 aliphatic rings. The first-order valence-corrected chi connectivity index (χ1v) is 39.2. The third kappa shape index (κ3) is 40.7. The molecule has 0 aliphatic carbocycles. The van der Waals surface area contributed by atoms with Crippen LogP contribution in [0.3, 0.4) is 0 Å². The molecule has 3 heterocycles. The maximum absolute atomic E-state index is 13.3. The Hall–Kier alpha value is -10.3. The van der Waals surface area contributed by atoms with Gasteiger partial charge in [0.2, 0.25) is 70.9 Å². The second-order valence-corrected chi connectivity index (χ2v) is 29.6. The molecule has 3 saturated heterocycles. The van der Waals surface area contributed by atoms with E-state index in [1.807, 2.05) is 20.8 Å². The normalized spacial score (nSPS) is 16.9. The van der Waals surface area contributed by atoms with Crippen molar-refractivity contribution in [3.8, 4) is 0 Å². The van der Waals surface area contributed by atoms with E-state index in [2.05, 4.69) is 52.6 Å². The third-order valence-electron chi connectivity index (χ3n) is 18.9. The molecular formula is C78H127N15O20. The maximum atomic E-state index is 13.3. The van der Waals surface area contributed by atoms with Crippen LogP contribution in [-0.2, 0) is 88.1 Å². The number of carbonyl (C=O) groups excluding carboxylic acids is 19. The van der Waals surface area contributed by atoms with Crippen LogP contribution in [0.5, 0.6) is 0 Å². The lowest BCUT2D eigenvalue weighted by molar-refractivity contribution is -0.140. The molecule has 18 amide bonds. The number of hydrogen-bond acceptors (Lipinski definition) is 20. The summed E-state index contributed by atoms with van der Waals surface area (Å²) in [6, 6.07) is 0.490. The molecule has 35 nitrogen and oxygen atoms in total.